The minimum atomic E-state index is 0.440. The lowest BCUT2D eigenvalue weighted by molar-refractivity contribution is 0.00869. The molecular formula is C13H26N2O. The molecule has 0 bridgehead atoms. The highest BCUT2D eigenvalue weighted by atomic mass is 16.5. The maximum Gasteiger partial charge on any atom is 0.0561 e. The molecule has 0 aromatic heterocycles. The van der Waals surface area contributed by atoms with Crippen LogP contribution in [0.4, 0.5) is 0 Å². The summed E-state index contributed by atoms with van der Waals surface area (Å²) < 4.78 is 5.59. The molecule has 4 atom stereocenters. The maximum atomic E-state index is 5.59. The average molecular weight is 226 g/mol. The first-order valence-corrected chi connectivity index (χ1v) is 6.73. The van der Waals surface area contributed by atoms with Crippen molar-refractivity contribution in [1.82, 2.24) is 10.2 Å². The normalized spacial score (nSPS) is 42.2. The fourth-order valence-corrected chi connectivity index (χ4v) is 2.92. The van der Waals surface area contributed by atoms with Crippen LogP contribution in [0.3, 0.4) is 0 Å². The summed E-state index contributed by atoms with van der Waals surface area (Å²) in [5, 5.41) is 3.83. The summed E-state index contributed by atoms with van der Waals surface area (Å²) in [6, 6.07) is 2.13. The maximum absolute atomic E-state index is 5.59. The van der Waals surface area contributed by atoms with E-state index >= 15 is 0 Å². The monoisotopic (exact) mass is 226 g/mol. The van der Waals surface area contributed by atoms with Crippen LogP contribution in [0.2, 0.25) is 0 Å². The second-order valence-corrected chi connectivity index (χ2v) is 5.62. The second-order valence-electron chi connectivity index (χ2n) is 5.62. The van der Waals surface area contributed by atoms with Crippen molar-refractivity contribution < 1.29 is 4.74 Å². The summed E-state index contributed by atoms with van der Waals surface area (Å²) in [5.41, 5.74) is 0. The van der Waals surface area contributed by atoms with Gasteiger partial charge in [-0.05, 0) is 53.1 Å². The van der Waals surface area contributed by atoms with Gasteiger partial charge in [0.2, 0.25) is 0 Å². The number of likely N-dealkylation sites (tertiary alicyclic amines) is 1. The Morgan fingerprint density at radius 2 is 1.88 bits per heavy atom. The molecule has 2 heterocycles. The van der Waals surface area contributed by atoms with Gasteiger partial charge in [0.25, 0.3) is 0 Å². The largest absolute Gasteiger partial charge is 0.378 e. The highest BCUT2D eigenvalue weighted by molar-refractivity contribution is 4.85. The van der Waals surface area contributed by atoms with Crippen molar-refractivity contribution in [1.29, 1.82) is 0 Å². The summed E-state index contributed by atoms with van der Waals surface area (Å²) in [6.45, 7) is 6.68. The number of hydrogen-bond acceptors (Lipinski definition) is 3. The van der Waals surface area contributed by atoms with E-state index in [1.807, 2.05) is 0 Å². The molecule has 3 heteroatoms. The third kappa shape index (κ3) is 3.19. The van der Waals surface area contributed by atoms with Crippen LogP contribution in [-0.4, -0.2) is 49.3 Å². The topological polar surface area (TPSA) is 24.5 Å². The van der Waals surface area contributed by atoms with Gasteiger partial charge in [0.1, 0.15) is 0 Å². The van der Waals surface area contributed by atoms with Crippen molar-refractivity contribution in [3.63, 3.8) is 0 Å². The molecule has 2 rings (SSSR count). The molecule has 0 amide bonds. The molecule has 0 spiro atoms. The fourth-order valence-electron chi connectivity index (χ4n) is 2.92. The Morgan fingerprint density at radius 1 is 1.12 bits per heavy atom. The Morgan fingerprint density at radius 3 is 2.56 bits per heavy atom. The zero-order chi connectivity index (χ0) is 11.5. The molecule has 0 aromatic carbocycles. The van der Waals surface area contributed by atoms with Crippen LogP contribution in [0, 0.1) is 0 Å². The van der Waals surface area contributed by atoms with Crippen LogP contribution in [0.1, 0.15) is 39.5 Å². The van der Waals surface area contributed by atoms with E-state index in [0.717, 1.165) is 18.7 Å². The number of nitrogens with one attached hydrogen (secondary N) is 1. The molecular weight excluding hydrogens is 200 g/mol. The van der Waals surface area contributed by atoms with E-state index < -0.39 is 0 Å². The van der Waals surface area contributed by atoms with E-state index in [-0.39, 0.29) is 0 Å². The first kappa shape index (κ1) is 12.3. The molecule has 0 aromatic rings. The number of rotatable bonds is 2. The zero-order valence-corrected chi connectivity index (χ0v) is 10.9. The van der Waals surface area contributed by atoms with Crippen molar-refractivity contribution in [2.45, 2.75) is 63.8 Å². The number of nitrogens with zero attached hydrogens (tertiary/aromatic N) is 1. The van der Waals surface area contributed by atoms with E-state index in [4.69, 9.17) is 4.74 Å². The summed E-state index contributed by atoms with van der Waals surface area (Å²) in [5.74, 6) is 0. The van der Waals surface area contributed by atoms with Gasteiger partial charge in [-0.1, -0.05) is 0 Å². The molecule has 3 nitrogen and oxygen atoms in total. The molecule has 0 aliphatic carbocycles. The van der Waals surface area contributed by atoms with Gasteiger partial charge in [-0.3, -0.25) is 0 Å². The van der Waals surface area contributed by atoms with Crippen molar-refractivity contribution in [3.8, 4) is 0 Å². The molecule has 16 heavy (non-hydrogen) atoms. The van der Waals surface area contributed by atoms with Crippen LogP contribution >= 0.6 is 0 Å². The quantitative estimate of drug-likeness (QED) is 0.774. The van der Waals surface area contributed by atoms with E-state index in [0.29, 0.717) is 12.1 Å². The fraction of sp³-hybridized carbons (Fsp3) is 1.00. The Balaban J connectivity index is 1.76. The van der Waals surface area contributed by atoms with Gasteiger partial charge in [0.05, 0.1) is 6.10 Å². The SMILES string of the molecule is CC1CC(NC2CCN(C)C(C)C2)CCO1. The number of hydrogen-bond donors (Lipinski definition) is 1. The summed E-state index contributed by atoms with van der Waals surface area (Å²) >= 11 is 0. The minimum Gasteiger partial charge on any atom is -0.378 e. The van der Waals surface area contributed by atoms with E-state index in [1.54, 1.807) is 0 Å². The molecule has 94 valence electrons. The Labute approximate surface area is 99.5 Å². The molecule has 2 aliphatic rings. The number of piperidine rings is 1. The number of ether oxygens (including phenoxy) is 1. The van der Waals surface area contributed by atoms with E-state index in [9.17, 15) is 0 Å². The standard InChI is InChI=1S/C13H26N2O/c1-10-8-12(4-6-15(10)3)14-13-5-7-16-11(2)9-13/h10-14H,4-9H2,1-3H3. The third-order valence-electron chi connectivity index (χ3n) is 4.16. The summed E-state index contributed by atoms with van der Waals surface area (Å²) in [4.78, 5) is 2.46. The van der Waals surface area contributed by atoms with Gasteiger partial charge < -0.3 is 15.0 Å². The first-order valence-electron chi connectivity index (χ1n) is 6.73. The van der Waals surface area contributed by atoms with Gasteiger partial charge in [-0.2, -0.15) is 0 Å². The van der Waals surface area contributed by atoms with Crippen molar-refractivity contribution in [2.75, 3.05) is 20.2 Å². The molecule has 2 fully saturated rings. The van der Waals surface area contributed by atoms with Crippen molar-refractivity contribution >= 4 is 0 Å². The van der Waals surface area contributed by atoms with Gasteiger partial charge in [-0.15, -0.1) is 0 Å². The second kappa shape index (κ2) is 5.48. The lowest BCUT2D eigenvalue weighted by Crippen LogP contribution is -2.50. The molecule has 2 saturated heterocycles. The van der Waals surface area contributed by atoms with E-state index in [2.05, 4.69) is 31.1 Å². The molecule has 4 unspecified atom stereocenters. The zero-order valence-electron chi connectivity index (χ0n) is 10.9. The molecule has 2 aliphatic heterocycles. The predicted molar refractivity (Wildman–Crippen MR) is 66.7 cm³/mol. The smallest absolute Gasteiger partial charge is 0.0561 e. The minimum absolute atomic E-state index is 0.440. The molecule has 1 N–H and O–H groups in total. The van der Waals surface area contributed by atoms with Crippen molar-refractivity contribution in [2.24, 2.45) is 0 Å². The van der Waals surface area contributed by atoms with Gasteiger partial charge >= 0.3 is 0 Å². The van der Waals surface area contributed by atoms with E-state index in [1.165, 1.54) is 32.2 Å². The predicted octanol–water partition coefficient (Wildman–Crippen LogP) is 1.63. The highest BCUT2D eigenvalue weighted by Gasteiger charge is 2.26. The lowest BCUT2D eigenvalue weighted by atomic mass is 9.96. The highest BCUT2D eigenvalue weighted by Crippen LogP contribution is 2.19. The Hall–Kier alpha value is -0.120. The van der Waals surface area contributed by atoms with Crippen LogP contribution in [0.5, 0.6) is 0 Å². The van der Waals surface area contributed by atoms with Crippen LogP contribution in [0.25, 0.3) is 0 Å². The van der Waals surface area contributed by atoms with Gasteiger partial charge in [0, 0.05) is 24.7 Å². The summed E-state index contributed by atoms with van der Waals surface area (Å²) in [7, 11) is 2.23. The average Bonchev–Trinajstić information content (AvgIpc) is 2.24. The molecule has 0 radical (unpaired) electrons. The van der Waals surface area contributed by atoms with Crippen LogP contribution in [0.15, 0.2) is 0 Å². The molecule has 0 saturated carbocycles. The van der Waals surface area contributed by atoms with Gasteiger partial charge in [-0.25, -0.2) is 0 Å². The summed E-state index contributed by atoms with van der Waals surface area (Å²) in [6.07, 6.45) is 5.40. The van der Waals surface area contributed by atoms with Crippen LogP contribution in [-0.2, 0) is 4.74 Å². The Bertz CT molecular complexity index is 222. The first-order chi connectivity index (χ1) is 7.65. The van der Waals surface area contributed by atoms with Gasteiger partial charge in [0.15, 0.2) is 0 Å². The Kier molecular flexibility index (Phi) is 4.22. The van der Waals surface area contributed by atoms with Crippen molar-refractivity contribution in [3.05, 3.63) is 0 Å². The third-order valence-corrected chi connectivity index (χ3v) is 4.16. The lowest BCUT2D eigenvalue weighted by Gasteiger charge is -2.38. The van der Waals surface area contributed by atoms with Crippen LogP contribution < -0.4 is 5.32 Å².